The number of rotatable bonds is 0. The number of nitrogens with two attached hydrogens (primary N) is 1. The summed E-state index contributed by atoms with van der Waals surface area (Å²) in [5, 5.41) is 0. The molecule has 2 nitrogen and oxygen atoms in total. The highest BCUT2D eigenvalue weighted by Crippen LogP contribution is 2.49. The van der Waals surface area contributed by atoms with E-state index in [0.29, 0.717) is 0 Å². The summed E-state index contributed by atoms with van der Waals surface area (Å²) >= 11 is 3.32. The van der Waals surface area contributed by atoms with Gasteiger partial charge in [-0.15, -0.1) is 0 Å². The van der Waals surface area contributed by atoms with E-state index in [1.54, 1.807) is 23.9 Å². The molecule has 1 aliphatic heterocycles. The predicted molar refractivity (Wildman–Crippen MR) is 35.5 cm³/mol. The Balaban J connectivity index is 2.29. The summed E-state index contributed by atoms with van der Waals surface area (Å²) in [7, 11) is 2.00. The van der Waals surface area contributed by atoms with Crippen LogP contribution in [-0.2, 0) is 0 Å². The number of hydrogen-bond acceptors (Lipinski definition) is 4. The van der Waals surface area contributed by atoms with Crippen molar-refractivity contribution in [3.05, 3.63) is 0 Å². The van der Waals surface area contributed by atoms with Crippen LogP contribution in [0.15, 0.2) is 0 Å². The summed E-state index contributed by atoms with van der Waals surface area (Å²) in [4.78, 5) is 0. The van der Waals surface area contributed by atoms with E-state index in [1.807, 2.05) is 17.7 Å². The van der Waals surface area contributed by atoms with Gasteiger partial charge in [-0.2, -0.15) is 3.71 Å². The van der Waals surface area contributed by atoms with E-state index in [4.69, 9.17) is 5.73 Å². The molecule has 0 aromatic heterocycles. The molecule has 0 aromatic rings. The summed E-state index contributed by atoms with van der Waals surface area (Å²) < 4.78 is 1.99. The van der Waals surface area contributed by atoms with Gasteiger partial charge in [-0.3, -0.25) is 0 Å². The smallest absolute Gasteiger partial charge is 0.136 e. The first-order valence-electron chi connectivity index (χ1n) is 2.01. The minimum atomic E-state index is -0.0469. The zero-order valence-corrected chi connectivity index (χ0v) is 5.97. The maximum Gasteiger partial charge on any atom is 0.136 e. The van der Waals surface area contributed by atoms with Crippen LogP contribution in [0.5, 0.6) is 0 Å². The highest BCUT2D eigenvalue weighted by atomic mass is 32.3. The molecule has 0 bridgehead atoms. The summed E-state index contributed by atoms with van der Waals surface area (Å²) in [6.45, 7) is 2.00. The Kier molecular flexibility index (Phi) is 1.27. The molecule has 0 saturated carbocycles. The maximum atomic E-state index is 5.60. The summed E-state index contributed by atoms with van der Waals surface area (Å²) in [5.41, 5.74) is 5.60. The van der Waals surface area contributed by atoms with Crippen molar-refractivity contribution >= 4 is 23.9 Å². The van der Waals surface area contributed by atoms with E-state index in [-0.39, 0.29) is 4.20 Å². The van der Waals surface area contributed by atoms with Crippen LogP contribution in [0.1, 0.15) is 6.92 Å². The lowest BCUT2D eigenvalue weighted by Crippen LogP contribution is -2.41. The Labute approximate surface area is 52.1 Å². The molecule has 4 heteroatoms. The van der Waals surface area contributed by atoms with Crippen molar-refractivity contribution < 1.29 is 0 Å². The van der Waals surface area contributed by atoms with Gasteiger partial charge in [0.05, 0.1) is 0 Å². The molecule has 0 amide bonds. The third kappa shape index (κ3) is 1.25. The van der Waals surface area contributed by atoms with Crippen LogP contribution in [0.2, 0.25) is 0 Å². The minimum absolute atomic E-state index is 0.0469. The first kappa shape index (κ1) is 5.75. The van der Waals surface area contributed by atoms with Gasteiger partial charge in [0.25, 0.3) is 0 Å². The third-order valence-corrected chi connectivity index (χ3v) is 2.75. The van der Waals surface area contributed by atoms with Gasteiger partial charge in [-0.1, -0.05) is 0 Å². The lowest BCUT2D eigenvalue weighted by molar-refractivity contribution is 0.799. The first-order valence-corrected chi connectivity index (χ1v) is 3.56. The molecular formula is C3H8N2S2. The molecule has 0 aliphatic carbocycles. The van der Waals surface area contributed by atoms with Crippen LogP contribution in [0.25, 0.3) is 0 Å². The van der Waals surface area contributed by atoms with E-state index < -0.39 is 0 Å². The number of nitrogens with zero attached hydrogens (tertiary/aromatic N) is 1. The molecule has 1 rings (SSSR count). The Morgan fingerprint density at radius 2 is 2.00 bits per heavy atom. The van der Waals surface area contributed by atoms with Crippen molar-refractivity contribution in [2.24, 2.45) is 5.73 Å². The molecule has 7 heavy (non-hydrogen) atoms. The van der Waals surface area contributed by atoms with Crippen LogP contribution in [-0.4, -0.2) is 15.0 Å². The summed E-state index contributed by atoms with van der Waals surface area (Å²) in [6, 6.07) is 0. The van der Waals surface area contributed by atoms with Crippen LogP contribution in [0, 0.1) is 0 Å². The minimum Gasteiger partial charge on any atom is -0.306 e. The second-order valence-corrected chi connectivity index (χ2v) is 5.28. The second-order valence-electron chi connectivity index (χ2n) is 1.64. The zero-order valence-electron chi connectivity index (χ0n) is 4.34. The number of hydrogen-bond donors (Lipinski definition) is 1. The topological polar surface area (TPSA) is 29.3 Å². The molecular weight excluding hydrogens is 128 g/mol. The lowest BCUT2D eigenvalue weighted by atomic mass is 10.8. The molecule has 2 N–H and O–H groups in total. The highest BCUT2D eigenvalue weighted by Gasteiger charge is 2.34. The Bertz CT molecular complexity index is 75.0. The summed E-state index contributed by atoms with van der Waals surface area (Å²) in [5.74, 6) is 0. The maximum absolute atomic E-state index is 5.60. The van der Waals surface area contributed by atoms with Gasteiger partial charge in [0.1, 0.15) is 4.20 Å². The van der Waals surface area contributed by atoms with E-state index in [0.717, 1.165) is 0 Å². The molecule has 1 saturated heterocycles. The SMILES string of the molecule is CN1SC(C)(N)S1. The van der Waals surface area contributed by atoms with Crippen molar-refractivity contribution in [3.63, 3.8) is 0 Å². The van der Waals surface area contributed by atoms with Crippen LogP contribution in [0.4, 0.5) is 0 Å². The fraction of sp³-hybridized carbons (Fsp3) is 1.00. The van der Waals surface area contributed by atoms with Gasteiger partial charge in [-0.25, -0.2) is 0 Å². The highest BCUT2D eigenvalue weighted by molar-refractivity contribution is 8.29. The van der Waals surface area contributed by atoms with Gasteiger partial charge >= 0.3 is 0 Å². The van der Waals surface area contributed by atoms with E-state index >= 15 is 0 Å². The van der Waals surface area contributed by atoms with Gasteiger partial charge in [-0.05, 0) is 30.8 Å². The van der Waals surface area contributed by atoms with Gasteiger partial charge in [0, 0.05) is 7.05 Å². The molecule has 0 unspecified atom stereocenters. The lowest BCUT2D eigenvalue weighted by Gasteiger charge is -2.39. The fourth-order valence-corrected chi connectivity index (χ4v) is 2.93. The van der Waals surface area contributed by atoms with Crippen molar-refractivity contribution in [1.82, 2.24) is 3.71 Å². The predicted octanol–water partition coefficient (Wildman–Crippen LogP) is 0.861. The average Bonchev–Trinajstić information content (AvgIpc) is 1.27. The molecule has 1 fully saturated rings. The third-order valence-electron chi connectivity index (χ3n) is 0.620. The quantitative estimate of drug-likeness (QED) is 0.500. The molecule has 0 atom stereocenters. The van der Waals surface area contributed by atoms with Crippen molar-refractivity contribution in [3.8, 4) is 0 Å². The van der Waals surface area contributed by atoms with Crippen LogP contribution >= 0.6 is 23.9 Å². The molecule has 42 valence electrons. The zero-order chi connectivity index (χ0) is 5.49. The molecule has 1 heterocycles. The average molecular weight is 136 g/mol. The van der Waals surface area contributed by atoms with Crippen molar-refractivity contribution in [1.29, 1.82) is 0 Å². The van der Waals surface area contributed by atoms with E-state index in [9.17, 15) is 0 Å². The standard InChI is InChI=1S/C3H8N2S2/c1-3(4)6-5(2)7-3/h4H2,1-2H3. The Hall–Kier alpha value is 0.620. The second kappa shape index (κ2) is 1.55. The van der Waals surface area contributed by atoms with Crippen LogP contribution in [0.3, 0.4) is 0 Å². The van der Waals surface area contributed by atoms with E-state index in [1.165, 1.54) is 0 Å². The largest absolute Gasteiger partial charge is 0.306 e. The van der Waals surface area contributed by atoms with Crippen molar-refractivity contribution in [2.45, 2.75) is 11.1 Å². The van der Waals surface area contributed by atoms with Gasteiger partial charge < -0.3 is 5.73 Å². The Morgan fingerprint density at radius 1 is 1.57 bits per heavy atom. The van der Waals surface area contributed by atoms with Gasteiger partial charge in [0.2, 0.25) is 0 Å². The van der Waals surface area contributed by atoms with Crippen LogP contribution < -0.4 is 5.73 Å². The normalized spacial score (nSPS) is 29.6. The molecule has 0 aromatic carbocycles. The monoisotopic (exact) mass is 136 g/mol. The molecule has 0 radical (unpaired) electrons. The fourth-order valence-electron chi connectivity index (χ4n) is 0.517. The van der Waals surface area contributed by atoms with Crippen molar-refractivity contribution in [2.75, 3.05) is 7.05 Å². The first-order chi connectivity index (χ1) is 3.10. The molecule has 1 aliphatic rings. The Morgan fingerprint density at radius 3 is 2.00 bits per heavy atom. The van der Waals surface area contributed by atoms with E-state index in [2.05, 4.69) is 0 Å². The molecule has 0 spiro atoms. The summed E-state index contributed by atoms with van der Waals surface area (Å²) in [6.07, 6.45) is 0. The van der Waals surface area contributed by atoms with Gasteiger partial charge in [0.15, 0.2) is 0 Å².